The van der Waals surface area contributed by atoms with E-state index in [9.17, 15) is 24.0 Å². The van der Waals surface area contributed by atoms with E-state index in [1.165, 1.54) is 38.9 Å². The van der Waals surface area contributed by atoms with Crippen molar-refractivity contribution in [3.05, 3.63) is 48.0 Å². The van der Waals surface area contributed by atoms with E-state index in [-0.39, 0.29) is 76.7 Å². The number of likely N-dealkylation sites (N-methyl/N-ethyl adjacent to an activating group) is 3. The number of amides is 7. The quantitative estimate of drug-likeness (QED) is 0.0921. The van der Waals surface area contributed by atoms with Crippen LogP contribution in [0.2, 0.25) is 0 Å². The van der Waals surface area contributed by atoms with Crippen molar-refractivity contribution < 1.29 is 76.9 Å². The fraction of sp³-hybridized carbons (Fsp3) is 0.500. The van der Waals surface area contributed by atoms with Crippen LogP contribution in [0.4, 0.5) is 42.9 Å². The van der Waals surface area contributed by atoms with Crippen LogP contribution in [0, 0.1) is 11.5 Å². The first-order valence-corrected chi connectivity index (χ1v) is 19.7. The Kier molecular flexibility index (Phi) is 41.1. The number of anilines is 3. The summed E-state index contributed by atoms with van der Waals surface area (Å²) >= 11 is 4.27. The Bertz CT molecular complexity index is 1850. The van der Waals surface area contributed by atoms with Gasteiger partial charge in [-0.1, -0.05) is 43.1 Å². The molecule has 0 radical (unpaired) electrons. The van der Waals surface area contributed by atoms with Crippen molar-refractivity contribution >= 4 is 104 Å². The molecule has 7 amide bonds. The largest absolute Gasteiger partial charge is 1.00 e. The van der Waals surface area contributed by atoms with Gasteiger partial charge in [-0.15, -0.1) is 58.8 Å². The van der Waals surface area contributed by atoms with E-state index in [0.29, 0.717) is 37.9 Å². The average molecular weight is 1020 g/mol. The summed E-state index contributed by atoms with van der Waals surface area (Å²) in [7, 11) is 0. The maximum absolute atomic E-state index is 11.5. The number of nitrogens with zero attached hydrogens (tertiary/aromatic N) is 4. The van der Waals surface area contributed by atoms with E-state index in [2.05, 4.69) is 46.1 Å². The number of carbonyl (C=O) groups is 5. The number of thiophene rings is 3. The molecule has 3 aliphatic rings. The minimum absolute atomic E-state index is 0. The van der Waals surface area contributed by atoms with Crippen LogP contribution in [0.3, 0.4) is 0 Å². The summed E-state index contributed by atoms with van der Waals surface area (Å²) in [5.74, 6) is -1.42. The molecule has 14 N–H and O–H groups in total. The number of nitrogens with one attached hydrogen (secondary N) is 2. The Morgan fingerprint density at radius 2 is 0.859 bits per heavy atom. The molecule has 64 heavy (non-hydrogen) atoms. The minimum atomic E-state index is -0.677. The van der Waals surface area contributed by atoms with Crippen LogP contribution in [0.25, 0.3) is 0 Å². The summed E-state index contributed by atoms with van der Waals surface area (Å²) in [6.07, 6.45) is 2.94. The van der Waals surface area contributed by atoms with E-state index in [0.717, 1.165) is 105 Å². The number of hydrogen-bond donors (Lipinski definition) is 8. The maximum Gasteiger partial charge on any atom is 1.00 e. The molecule has 0 aliphatic carbocycles. The van der Waals surface area contributed by atoms with Crippen LogP contribution in [0.5, 0.6) is 0 Å². The van der Waals surface area contributed by atoms with Gasteiger partial charge in [-0.25, -0.2) is 14.9 Å². The van der Waals surface area contributed by atoms with E-state index in [4.69, 9.17) is 63.1 Å². The summed E-state index contributed by atoms with van der Waals surface area (Å²) in [5, 5.41) is 21.5. The van der Waals surface area contributed by atoms with Crippen molar-refractivity contribution in [3.8, 4) is 6.26 Å². The second-order valence-electron chi connectivity index (χ2n) is 12.2. The number of carbonyl (C=O) groups excluding carboxylic acids is 5. The van der Waals surface area contributed by atoms with Gasteiger partial charge in [-0.2, -0.15) is 0 Å². The van der Waals surface area contributed by atoms with Gasteiger partial charge in [0.2, 0.25) is 0 Å². The van der Waals surface area contributed by atoms with Gasteiger partial charge in [0, 0.05) is 78.5 Å². The van der Waals surface area contributed by atoms with E-state index in [1.807, 2.05) is 0 Å². The van der Waals surface area contributed by atoms with Gasteiger partial charge in [0.25, 0.3) is 17.7 Å². The monoisotopic (exact) mass is 1020 g/mol. The van der Waals surface area contributed by atoms with Crippen molar-refractivity contribution in [3.63, 3.8) is 0 Å². The summed E-state index contributed by atoms with van der Waals surface area (Å²) in [4.78, 5) is 66.4. The van der Waals surface area contributed by atoms with Gasteiger partial charge in [-0.3, -0.25) is 39.7 Å². The number of nitriles is 1. The van der Waals surface area contributed by atoms with Gasteiger partial charge >= 0.3 is 41.6 Å². The van der Waals surface area contributed by atoms with Crippen LogP contribution < -0.4 is 79.7 Å². The van der Waals surface area contributed by atoms with Gasteiger partial charge in [-0.05, 0) is 55.6 Å². The van der Waals surface area contributed by atoms with Crippen molar-refractivity contribution in [2.75, 3.05) is 55.6 Å². The predicted octanol–water partition coefficient (Wildman–Crippen LogP) is 2.50. The number of nitrogens with two attached hydrogens (primary N) is 6. The molecule has 0 saturated carbocycles. The molecule has 18 nitrogen and oxygen atoms in total. The number of nitrogen functional groups attached to an aromatic ring is 1. The number of urea groups is 2. The fourth-order valence-corrected chi connectivity index (χ4v) is 10.2. The molecule has 0 fully saturated rings. The first-order valence-electron chi connectivity index (χ1n) is 17.3. The topological polar surface area (TPSA) is 322 Å². The number of halogens is 6. The van der Waals surface area contributed by atoms with E-state index < -0.39 is 29.8 Å². The van der Waals surface area contributed by atoms with Crippen LogP contribution in [-0.4, -0.2) is 83.8 Å². The second kappa shape index (κ2) is 36.5. The van der Waals surface area contributed by atoms with Gasteiger partial charge in [0.15, 0.2) is 0 Å². The summed E-state index contributed by atoms with van der Waals surface area (Å²) in [6, 6.07) is -1.35. The fourth-order valence-electron chi connectivity index (χ4n) is 6.39. The zero-order valence-corrected chi connectivity index (χ0v) is 39.8. The first kappa shape index (κ1) is 71.9. The maximum atomic E-state index is 11.5. The molecular weight excluding hydrogens is 963 g/mol. The molecule has 0 atom stereocenters. The van der Waals surface area contributed by atoms with Crippen LogP contribution in [0.1, 0.15) is 105 Å². The summed E-state index contributed by atoms with van der Waals surface area (Å²) in [6.45, 7) is 14.5. The third kappa shape index (κ3) is 20.2. The molecule has 0 aromatic carbocycles. The smallest absolute Gasteiger partial charge is 0.812 e. The molecular formula is C36H61Cl2F4N12NaO6S3. The van der Waals surface area contributed by atoms with Gasteiger partial charge in [0.05, 0.1) is 21.7 Å². The van der Waals surface area contributed by atoms with Crippen molar-refractivity contribution in [1.82, 2.24) is 14.7 Å². The van der Waals surface area contributed by atoms with Crippen molar-refractivity contribution in [1.29, 1.82) is 5.26 Å². The predicted molar refractivity (Wildman–Crippen MR) is 248 cm³/mol. The van der Waals surface area contributed by atoms with Crippen molar-refractivity contribution in [2.24, 2.45) is 28.7 Å². The van der Waals surface area contributed by atoms with Gasteiger partial charge < -0.3 is 39.5 Å². The van der Waals surface area contributed by atoms with Crippen LogP contribution in [0.15, 0.2) is 0 Å². The van der Waals surface area contributed by atoms with E-state index in [1.54, 1.807) is 0 Å². The minimum Gasteiger partial charge on any atom is -0.812 e. The standard InChI is InChI=1S/2C11H16N4O2S.C10H15N3OS.CHNO.3CH4.2ClH.2F2.Na/c2*1-2-15-4-3-6-7(5-15)18-10(14-11(13)17)8(6)9(12)16;1-2-13-4-3-6-7(5-13)15-10(12)8(6)9(11)14;2-1-3;;;;;;2*1-2;/h2*2-5H2,1H3,(H2,12,16)(H3,13,14,17);2-5,12H2,1H3,(H2,11,14);3H;3*1H4;2*1H;;;/q;;;;;;;;;;;+1/p-1. The summed E-state index contributed by atoms with van der Waals surface area (Å²) in [5.41, 5.74) is 36.5. The Hall–Kier alpha value is -3.68. The number of rotatable bonds is 8. The van der Waals surface area contributed by atoms with E-state index >= 15 is 0 Å². The van der Waals surface area contributed by atoms with Crippen molar-refractivity contribution in [2.45, 2.75) is 81.9 Å². The van der Waals surface area contributed by atoms with Gasteiger partial charge in [0.1, 0.15) is 10.0 Å². The molecule has 0 saturated heterocycles. The number of primary amides is 5. The Labute approximate surface area is 418 Å². The molecule has 362 valence electrons. The zero-order chi connectivity index (χ0) is 44.3. The average Bonchev–Trinajstić information content (AvgIpc) is 3.84. The Balaban J connectivity index is -0.000000177. The zero-order valence-electron chi connectivity index (χ0n) is 33.7. The molecule has 6 heterocycles. The number of fused-ring (bicyclic) bond motifs is 3. The first-order chi connectivity index (χ1) is 27.6. The molecule has 0 spiro atoms. The number of hydrogen-bond acceptors (Lipinski definition) is 14. The Morgan fingerprint density at radius 3 is 1.09 bits per heavy atom. The molecule has 3 aromatic rings. The third-order valence-electron chi connectivity index (χ3n) is 8.99. The molecule has 0 unspecified atom stereocenters. The molecule has 0 bridgehead atoms. The summed E-state index contributed by atoms with van der Waals surface area (Å²) < 4.78 is 32.0. The molecule has 3 aliphatic heterocycles. The molecule has 3 aromatic heterocycles. The second-order valence-corrected chi connectivity index (χ2v) is 15.5. The SMILES string of the molecule is C.C.C.CCN1CCc2c(sc(N)c2C(N)=O)C1.CCN1CCc2c(sc(NC(N)=O)c2C(N)=O)C1.CCN1CCc2c(sc(NC(N)=O)c2C(N)=O)C1.Cl.Cl.FF.FF.N#C[O-].[Na+]. The Morgan fingerprint density at radius 1 is 0.609 bits per heavy atom. The van der Waals surface area contributed by atoms with Crippen LogP contribution >= 0.6 is 58.8 Å². The molecule has 28 heteroatoms. The third-order valence-corrected chi connectivity index (χ3v) is 12.3. The van der Waals surface area contributed by atoms with Crippen LogP contribution in [-0.2, 0) is 38.9 Å². The molecule has 6 rings (SSSR count). The normalized spacial score (nSPS) is 12.7.